The quantitative estimate of drug-likeness (QED) is 0.504. The van der Waals surface area contributed by atoms with Gasteiger partial charge in [0, 0.05) is 0 Å². The fraction of sp³-hybridized carbons (Fsp3) is 1.00. The van der Waals surface area contributed by atoms with E-state index in [-0.39, 0.29) is 5.31 Å². The highest BCUT2D eigenvalue weighted by molar-refractivity contribution is 6.14. The lowest BCUT2D eigenvalue weighted by molar-refractivity contribution is 0.316. The van der Waals surface area contributed by atoms with Gasteiger partial charge in [0.15, 0.2) is 0 Å². The molecular formula is C13H23B. The highest BCUT2D eigenvalue weighted by atomic mass is 14.3. The fourth-order valence-electron chi connectivity index (χ4n) is 3.47. The van der Waals surface area contributed by atoms with Gasteiger partial charge in [-0.25, -0.2) is 0 Å². The molecular weight excluding hydrogens is 167 g/mol. The van der Waals surface area contributed by atoms with Crippen LogP contribution in [0.5, 0.6) is 0 Å². The van der Waals surface area contributed by atoms with Gasteiger partial charge < -0.3 is 0 Å². The molecule has 1 atom stereocenters. The lowest BCUT2D eigenvalue weighted by Crippen LogP contribution is -2.13. The summed E-state index contributed by atoms with van der Waals surface area (Å²) in [5.41, 5.74) is 0. The second-order valence-corrected chi connectivity index (χ2v) is 5.99. The zero-order valence-electron chi connectivity index (χ0n) is 9.60. The van der Waals surface area contributed by atoms with Gasteiger partial charge in [0.2, 0.25) is 0 Å². The Morgan fingerprint density at radius 3 is 2.14 bits per heavy atom. The molecule has 14 heavy (non-hydrogen) atoms. The van der Waals surface area contributed by atoms with Crippen molar-refractivity contribution in [1.82, 2.24) is 0 Å². The van der Waals surface area contributed by atoms with Crippen LogP contribution in [0, 0.1) is 11.8 Å². The number of rotatable bonds is 0. The summed E-state index contributed by atoms with van der Waals surface area (Å²) in [7, 11) is 6.37. The fourth-order valence-corrected chi connectivity index (χ4v) is 3.47. The molecule has 1 unspecified atom stereocenters. The summed E-state index contributed by atoms with van der Waals surface area (Å²) < 4.78 is 0. The number of fused-ring (bicyclic) bond motifs is 7. The second-order valence-electron chi connectivity index (χ2n) is 5.99. The first-order valence-electron chi connectivity index (χ1n) is 6.45. The third kappa shape index (κ3) is 2.78. The summed E-state index contributed by atoms with van der Waals surface area (Å²) in [5.74, 6) is 1.93. The molecule has 1 heteroatoms. The van der Waals surface area contributed by atoms with Crippen LogP contribution in [-0.2, 0) is 0 Å². The minimum Gasteiger partial charge on any atom is -0.0686 e. The van der Waals surface area contributed by atoms with Crippen molar-refractivity contribution in [1.29, 1.82) is 0 Å². The van der Waals surface area contributed by atoms with Crippen LogP contribution in [0.2, 0.25) is 5.31 Å². The van der Waals surface area contributed by atoms with E-state index in [2.05, 4.69) is 6.92 Å². The Balaban J connectivity index is 2.08. The van der Waals surface area contributed by atoms with Crippen molar-refractivity contribution in [3.05, 3.63) is 0 Å². The Labute approximate surface area is 90.3 Å². The van der Waals surface area contributed by atoms with E-state index >= 15 is 0 Å². The molecule has 0 N–H and O–H groups in total. The van der Waals surface area contributed by atoms with E-state index in [4.69, 9.17) is 7.85 Å². The first-order chi connectivity index (χ1) is 6.66. The molecule has 0 heterocycles. The third-order valence-electron chi connectivity index (χ3n) is 4.33. The summed E-state index contributed by atoms with van der Waals surface area (Å²) in [4.78, 5) is 0. The molecule has 2 radical (unpaired) electrons. The van der Waals surface area contributed by atoms with E-state index in [1.165, 1.54) is 57.8 Å². The summed E-state index contributed by atoms with van der Waals surface area (Å²) in [6, 6.07) is 0. The van der Waals surface area contributed by atoms with Crippen LogP contribution < -0.4 is 0 Å². The van der Waals surface area contributed by atoms with E-state index in [1.807, 2.05) is 0 Å². The topological polar surface area (TPSA) is 0 Å². The van der Waals surface area contributed by atoms with Gasteiger partial charge in [0.05, 0.1) is 7.85 Å². The van der Waals surface area contributed by atoms with Gasteiger partial charge in [-0.2, -0.15) is 0 Å². The molecule has 78 valence electrons. The zero-order chi connectivity index (χ0) is 10.0. The van der Waals surface area contributed by atoms with Crippen LogP contribution in [0.3, 0.4) is 0 Å². The first-order valence-corrected chi connectivity index (χ1v) is 6.45. The predicted octanol–water partition coefficient (Wildman–Crippen LogP) is 4.10. The molecule has 3 aliphatic rings. The van der Waals surface area contributed by atoms with Crippen LogP contribution in [0.15, 0.2) is 0 Å². The van der Waals surface area contributed by atoms with Crippen LogP contribution >= 0.6 is 0 Å². The van der Waals surface area contributed by atoms with Gasteiger partial charge in [-0.1, -0.05) is 70.0 Å². The second kappa shape index (κ2) is 4.29. The van der Waals surface area contributed by atoms with Crippen molar-refractivity contribution in [2.75, 3.05) is 0 Å². The van der Waals surface area contributed by atoms with Crippen molar-refractivity contribution >= 4 is 7.85 Å². The Bertz CT molecular complexity index is 176. The molecule has 3 fully saturated rings. The molecule has 0 saturated heterocycles. The Kier molecular flexibility index (Phi) is 3.24. The molecule has 3 aliphatic carbocycles. The minimum atomic E-state index is 0.137. The van der Waals surface area contributed by atoms with E-state index in [0.29, 0.717) is 0 Å². The molecule has 0 aliphatic heterocycles. The maximum Gasteiger partial charge on any atom is 0.0742 e. The van der Waals surface area contributed by atoms with Crippen molar-refractivity contribution in [3.63, 3.8) is 0 Å². The number of hydrogen-bond donors (Lipinski definition) is 0. The van der Waals surface area contributed by atoms with Crippen molar-refractivity contribution in [2.45, 2.75) is 70.0 Å². The van der Waals surface area contributed by atoms with Crippen LogP contribution in [0.25, 0.3) is 0 Å². The molecule has 3 rings (SSSR count). The van der Waals surface area contributed by atoms with Crippen molar-refractivity contribution < 1.29 is 0 Å². The average molecular weight is 190 g/mol. The zero-order valence-corrected chi connectivity index (χ0v) is 9.60. The molecule has 0 amide bonds. The SMILES string of the molecule is [B]C1(C)CCC2CCCC(CCC2)C1. The van der Waals surface area contributed by atoms with Crippen LogP contribution in [0.1, 0.15) is 64.7 Å². The van der Waals surface area contributed by atoms with Crippen LogP contribution in [-0.4, -0.2) is 7.85 Å². The summed E-state index contributed by atoms with van der Waals surface area (Å²) in [5, 5.41) is 0.137. The molecule has 0 aromatic heterocycles. The highest BCUT2D eigenvalue weighted by Gasteiger charge is 2.28. The first kappa shape index (κ1) is 10.6. The van der Waals surface area contributed by atoms with Crippen molar-refractivity contribution in [3.8, 4) is 0 Å². The van der Waals surface area contributed by atoms with Gasteiger partial charge in [0.1, 0.15) is 0 Å². The largest absolute Gasteiger partial charge is 0.0742 e. The maximum atomic E-state index is 6.37. The normalized spacial score (nSPS) is 44.9. The molecule has 0 aromatic rings. The van der Waals surface area contributed by atoms with E-state index in [9.17, 15) is 0 Å². The Hall–Kier alpha value is 0.0649. The smallest absolute Gasteiger partial charge is 0.0686 e. The van der Waals surface area contributed by atoms with Gasteiger partial charge >= 0.3 is 0 Å². The van der Waals surface area contributed by atoms with Gasteiger partial charge in [0.25, 0.3) is 0 Å². The Morgan fingerprint density at radius 2 is 1.50 bits per heavy atom. The van der Waals surface area contributed by atoms with Crippen LogP contribution in [0.4, 0.5) is 0 Å². The maximum absolute atomic E-state index is 6.37. The van der Waals surface area contributed by atoms with E-state index in [0.717, 1.165) is 11.8 Å². The molecule has 2 bridgehead atoms. The summed E-state index contributed by atoms with van der Waals surface area (Å²) >= 11 is 0. The third-order valence-corrected chi connectivity index (χ3v) is 4.33. The summed E-state index contributed by atoms with van der Waals surface area (Å²) in [6.07, 6.45) is 12.7. The molecule has 3 saturated carbocycles. The molecule has 0 aromatic carbocycles. The monoisotopic (exact) mass is 190 g/mol. The minimum absolute atomic E-state index is 0.137. The highest BCUT2D eigenvalue weighted by Crippen LogP contribution is 2.44. The molecule has 0 spiro atoms. The standard InChI is InChI=1S/C13H23B/c1-13(14)9-8-11-4-2-6-12(10-13)7-3-5-11/h11-12H,2-10H2,1H3. The van der Waals surface area contributed by atoms with E-state index in [1.54, 1.807) is 0 Å². The van der Waals surface area contributed by atoms with Gasteiger partial charge in [-0.15, -0.1) is 0 Å². The lowest BCUT2D eigenvalue weighted by Gasteiger charge is -2.28. The average Bonchev–Trinajstić information content (AvgIpc) is 2.16. The van der Waals surface area contributed by atoms with Gasteiger partial charge in [-0.3, -0.25) is 0 Å². The molecule has 0 nitrogen and oxygen atoms in total. The number of hydrogen-bond acceptors (Lipinski definition) is 0. The summed E-state index contributed by atoms with van der Waals surface area (Å²) in [6.45, 7) is 2.27. The lowest BCUT2D eigenvalue weighted by atomic mass is 9.62. The van der Waals surface area contributed by atoms with Crippen molar-refractivity contribution in [2.24, 2.45) is 11.8 Å². The predicted molar refractivity (Wildman–Crippen MR) is 62.7 cm³/mol. The van der Waals surface area contributed by atoms with Gasteiger partial charge in [-0.05, 0) is 11.8 Å². The van der Waals surface area contributed by atoms with E-state index < -0.39 is 0 Å². The Morgan fingerprint density at radius 1 is 0.929 bits per heavy atom.